The number of hydrogen-bond acceptors (Lipinski definition) is 6. The summed E-state index contributed by atoms with van der Waals surface area (Å²) in [4.78, 5) is 23.4. The van der Waals surface area contributed by atoms with Crippen LogP contribution in [0.3, 0.4) is 0 Å². The first-order chi connectivity index (χ1) is 8.62. The summed E-state index contributed by atoms with van der Waals surface area (Å²) in [6, 6.07) is 0. The molecule has 0 saturated heterocycles. The van der Waals surface area contributed by atoms with Crippen molar-refractivity contribution in [3.8, 4) is 0 Å². The minimum absolute atomic E-state index is 0.146. The van der Waals surface area contributed by atoms with E-state index in [9.17, 15) is 9.59 Å². The molecule has 0 radical (unpaired) electrons. The predicted octanol–water partition coefficient (Wildman–Crippen LogP) is 1.40. The molecule has 0 aliphatic heterocycles. The molecule has 0 fully saturated rings. The number of carbonyl (C=O) groups excluding carboxylic acids is 2. The van der Waals surface area contributed by atoms with Crippen LogP contribution >= 0.6 is 0 Å². The molecule has 6 heteroatoms. The molecule has 18 heavy (non-hydrogen) atoms. The molecule has 0 N–H and O–H groups in total. The van der Waals surface area contributed by atoms with Gasteiger partial charge in [-0.15, -0.1) is 0 Å². The fraction of sp³-hybridized carbons (Fsp3) is 0.667. The summed E-state index contributed by atoms with van der Waals surface area (Å²) in [6.45, 7) is 7.53. The average molecular weight is 260 g/mol. The zero-order chi connectivity index (χ0) is 14.0. The van der Waals surface area contributed by atoms with Crippen molar-refractivity contribution >= 4 is 11.9 Å². The first kappa shape index (κ1) is 16.3. The van der Waals surface area contributed by atoms with Gasteiger partial charge in [0.05, 0.1) is 26.4 Å². The zero-order valence-corrected chi connectivity index (χ0v) is 11.3. The van der Waals surface area contributed by atoms with Crippen LogP contribution < -0.4 is 0 Å². The van der Waals surface area contributed by atoms with Gasteiger partial charge in [-0.3, -0.25) is 0 Å². The summed E-state index contributed by atoms with van der Waals surface area (Å²) in [5.74, 6) is -1.78. The first-order valence-electron chi connectivity index (χ1n) is 5.96. The monoisotopic (exact) mass is 260 g/mol. The Hall–Kier alpha value is -1.72. The molecule has 0 aromatic carbocycles. The van der Waals surface area contributed by atoms with Crippen molar-refractivity contribution in [3.05, 3.63) is 11.5 Å². The number of hydrogen-bond donors (Lipinski definition) is 0. The molecule has 0 heterocycles. The van der Waals surface area contributed by atoms with Gasteiger partial charge in [0.25, 0.3) is 0 Å². The van der Waals surface area contributed by atoms with Crippen LogP contribution in [0.15, 0.2) is 11.5 Å². The largest absolute Gasteiger partial charge is 0.465 e. The summed E-state index contributed by atoms with van der Waals surface area (Å²) in [5, 5.41) is 0. The lowest BCUT2D eigenvalue weighted by atomic mass is 10.3. The molecule has 0 spiro atoms. The summed E-state index contributed by atoms with van der Waals surface area (Å²) in [7, 11) is 0. The maximum atomic E-state index is 11.7. The molecule has 0 atom stereocenters. The Morgan fingerprint density at radius 2 is 1.00 bits per heavy atom. The highest BCUT2D eigenvalue weighted by Gasteiger charge is 2.29. The maximum absolute atomic E-state index is 11.7. The second-order valence-electron chi connectivity index (χ2n) is 2.97. The van der Waals surface area contributed by atoms with Crippen LogP contribution in [0.2, 0.25) is 0 Å². The number of ether oxygens (including phenoxy) is 4. The molecule has 6 nitrogen and oxygen atoms in total. The fourth-order valence-electron chi connectivity index (χ4n) is 1.10. The van der Waals surface area contributed by atoms with Crippen LogP contribution in [0.25, 0.3) is 0 Å². The Balaban J connectivity index is 5.28. The van der Waals surface area contributed by atoms with Gasteiger partial charge in [-0.2, -0.15) is 0 Å². The maximum Gasteiger partial charge on any atom is 0.352 e. The van der Waals surface area contributed by atoms with Crippen molar-refractivity contribution in [1.82, 2.24) is 0 Å². The number of esters is 2. The molecule has 104 valence electrons. The molecule has 0 unspecified atom stereocenters. The summed E-state index contributed by atoms with van der Waals surface area (Å²) in [5.41, 5.74) is -0.345. The molecule has 0 amide bonds. The average Bonchev–Trinajstić information content (AvgIpc) is 2.30. The van der Waals surface area contributed by atoms with Crippen molar-refractivity contribution in [2.24, 2.45) is 0 Å². The highest BCUT2D eigenvalue weighted by atomic mass is 16.7. The van der Waals surface area contributed by atoms with Crippen LogP contribution in [-0.4, -0.2) is 38.4 Å². The van der Waals surface area contributed by atoms with E-state index < -0.39 is 11.9 Å². The molecule has 0 aliphatic carbocycles. The predicted molar refractivity (Wildman–Crippen MR) is 63.5 cm³/mol. The van der Waals surface area contributed by atoms with Gasteiger partial charge in [0.1, 0.15) is 0 Å². The van der Waals surface area contributed by atoms with E-state index in [-0.39, 0.29) is 37.9 Å². The van der Waals surface area contributed by atoms with Crippen molar-refractivity contribution < 1.29 is 28.5 Å². The van der Waals surface area contributed by atoms with Crippen LogP contribution in [0.4, 0.5) is 0 Å². The van der Waals surface area contributed by atoms with E-state index in [0.717, 1.165) is 0 Å². The van der Waals surface area contributed by atoms with E-state index in [1.54, 1.807) is 27.7 Å². The summed E-state index contributed by atoms with van der Waals surface area (Å²) >= 11 is 0. The number of rotatable bonds is 8. The van der Waals surface area contributed by atoms with Crippen LogP contribution in [0, 0.1) is 0 Å². The Labute approximate surface area is 107 Å². The third kappa shape index (κ3) is 5.07. The fourth-order valence-corrected chi connectivity index (χ4v) is 1.10. The van der Waals surface area contributed by atoms with E-state index in [4.69, 9.17) is 18.9 Å². The molecule has 0 saturated carbocycles. The van der Waals surface area contributed by atoms with Gasteiger partial charge in [-0.1, -0.05) is 0 Å². The van der Waals surface area contributed by atoms with E-state index in [0.29, 0.717) is 0 Å². The minimum Gasteiger partial charge on any atom is -0.465 e. The Morgan fingerprint density at radius 1 is 0.667 bits per heavy atom. The van der Waals surface area contributed by atoms with Crippen molar-refractivity contribution in [2.75, 3.05) is 26.4 Å². The first-order valence-corrected chi connectivity index (χ1v) is 5.96. The number of carbonyl (C=O) groups is 2. The van der Waals surface area contributed by atoms with Gasteiger partial charge in [0.15, 0.2) is 0 Å². The third-order valence-electron chi connectivity index (χ3n) is 1.71. The molecule has 0 aromatic heterocycles. The summed E-state index contributed by atoms with van der Waals surface area (Å²) < 4.78 is 19.8. The lowest BCUT2D eigenvalue weighted by molar-refractivity contribution is -0.148. The van der Waals surface area contributed by atoms with E-state index in [1.807, 2.05) is 0 Å². The molecular weight excluding hydrogens is 240 g/mol. The second-order valence-corrected chi connectivity index (χ2v) is 2.97. The molecule has 0 aromatic rings. The third-order valence-corrected chi connectivity index (χ3v) is 1.71. The standard InChI is InChI=1S/C12H20O6/c1-5-15-10(13)9(11(14)16-6-2)12(17-7-3)18-8-4/h5-8H2,1-4H3. The Morgan fingerprint density at radius 3 is 1.28 bits per heavy atom. The second kappa shape index (κ2) is 9.32. The van der Waals surface area contributed by atoms with Gasteiger partial charge in [-0.05, 0) is 27.7 Å². The van der Waals surface area contributed by atoms with Gasteiger partial charge >= 0.3 is 17.9 Å². The highest BCUT2D eigenvalue weighted by Crippen LogP contribution is 2.13. The minimum atomic E-state index is -0.812. The SMILES string of the molecule is CCOC(=O)C(C(=O)OCC)=C(OCC)OCC. The van der Waals surface area contributed by atoms with Gasteiger partial charge in [0, 0.05) is 0 Å². The van der Waals surface area contributed by atoms with E-state index >= 15 is 0 Å². The highest BCUT2D eigenvalue weighted by molar-refractivity contribution is 6.14. The lowest BCUT2D eigenvalue weighted by Gasteiger charge is -2.13. The molecular formula is C12H20O6. The quantitative estimate of drug-likeness (QED) is 0.216. The van der Waals surface area contributed by atoms with Crippen LogP contribution in [-0.2, 0) is 28.5 Å². The Bertz CT molecular complexity index is 280. The van der Waals surface area contributed by atoms with Gasteiger partial charge in [0.2, 0.25) is 5.57 Å². The molecule has 0 aliphatic rings. The van der Waals surface area contributed by atoms with Crippen LogP contribution in [0.5, 0.6) is 0 Å². The zero-order valence-electron chi connectivity index (χ0n) is 11.3. The smallest absolute Gasteiger partial charge is 0.352 e. The lowest BCUT2D eigenvalue weighted by Crippen LogP contribution is -2.22. The molecule has 0 bridgehead atoms. The van der Waals surface area contributed by atoms with Crippen molar-refractivity contribution in [3.63, 3.8) is 0 Å². The van der Waals surface area contributed by atoms with Crippen molar-refractivity contribution in [2.45, 2.75) is 27.7 Å². The van der Waals surface area contributed by atoms with Crippen LogP contribution in [0.1, 0.15) is 27.7 Å². The topological polar surface area (TPSA) is 71.1 Å². The van der Waals surface area contributed by atoms with Gasteiger partial charge < -0.3 is 18.9 Å². The van der Waals surface area contributed by atoms with E-state index in [1.165, 1.54) is 0 Å². The normalized spacial score (nSPS) is 9.33. The molecule has 0 rings (SSSR count). The van der Waals surface area contributed by atoms with Gasteiger partial charge in [-0.25, -0.2) is 9.59 Å². The summed E-state index contributed by atoms with van der Waals surface area (Å²) in [6.07, 6.45) is 0. The van der Waals surface area contributed by atoms with E-state index in [2.05, 4.69) is 0 Å². The van der Waals surface area contributed by atoms with Crippen molar-refractivity contribution in [1.29, 1.82) is 0 Å². The Kier molecular flexibility index (Phi) is 8.43.